The lowest BCUT2D eigenvalue weighted by molar-refractivity contribution is 0.144. The normalized spacial score (nSPS) is 15.4. The fraction of sp³-hybridized carbons (Fsp3) is 1.00. The van der Waals surface area contributed by atoms with E-state index < -0.39 is 138 Å². The second-order valence-electron chi connectivity index (χ2n) is 9.49. The van der Waals surface area contributed by atoms with E-state index in [1.165, 1.54) is 0 Å². The highest BCUT2D eigenvalue weighted by Gasteiger charge is 2.60. The maximum Gasteiger partial charge on any atom is 0.355 e. The molecule has 0 aliphatic carbocycles. The van der Waals surface area contributed by atoms with Crippen LogP contribution in [-0.4, -0.2) is 160 Å². The molecule has 17 N–H and O–H groups in total. The van der Waals surface area contributed by atoms with Gasteiger partial charge in [0.1, 0.15) is 0 Å². The molecule has 0 radical (unpaired) electrons. The van der Waals surface area contributed by atoms with E-state index >= 15 is 0 Å². The van der Waals surface area contributed by atoms with Crippen molar-refractivity contribution in [3.05, 3.63) is 0 Å². The molecule has 36 heteroatoms. The number of nitrogens with zero attached hydrogens (tertiary/aromatic N) is 3. The molecule has 0 aliphatic rings. The zero-order valence-corrected chi connectivity index (χ0v) is 30.2. The Balaban J connectivity index is 7.25. The van der Waals surface area contributed by atoms with Gasteiger partial charge in [0, 0.05) is 39.3 Å². The van der Waals surface area contributed by atoms with Crippen LogP contribution in [0, 0.1) is 0 Å². The third kappa shape index (κ3) is 15.3. The van der Waals surface area contributed by atoms with E-state index in [2.05, 4.69) is 0 Å². The molecule has 0 fully saturated rings. The average molecular weight is 857 g/mol. The quantitative estimate of drug-likeness (QED) is 0.0487. The fourth-order valence-corrected chi connectivity index (χ4v) is 16.4. The molecule has 0 atom stereocenters. The maximum absolute atomic E-state index is 12.0. The Morgan fingerprint density at radius 3 is 0.681 bits per heavy atom. The Labute approximate surface area is 263 Å². The lowest BCUT2D eigenvalue weighted by atomic mass is 10.3. The standard InChI is InChI=1S/C11H35N3O25P8/c15-7-1-2-12(3-5-13(8(40(16,17)18)41(19,20)21)9(42(22,23)24)43(25,26)27)4-6-14(10(44(28,29)30)45(31,32)33)11(46(34,35)36)47(37,38)39/h8-11,15H,1-7H2,(H2,16,17,18)(H2,19,20,21)(H2,22,23,24)(H2,25,26,27)(H2,28,29,30)(H2,31,32,33)(H2,34,35,36)(H2,37,38,39). The SMILES string of the molecule is O=P(O)(O)C(N(CCN(CCCO)CCN(C(P(=O)(O)O)P(=O)(O)O)C(P(=O)(O)O)P(=O)(O)O)C(P(=O)(O)O)P(=O)(O)O)P(=O)(O)O. The summed E-state index contributed by atoms with van der Waals surface area (Å²) in [5.74, 6) is 0. The Kier molecular flexibility index (Phi) is 17.2. The number of hydrogen-bond acceptors (Lipinski definition) is 12. The summed E-state index contributed by atoms with van der Waals surface area (Å²) >= 11 is 0. The van der Waals surface area contributed by atoms with Crippen LogP contribution in [0.1, 0.15) is 6.42 Å². The van der Waals surface area contributed by atoms with Gasteiger partial charge < -0.3 is 88.3 Å². The predicted molar refractivity (Wildman–Crippen MR) is 153 cm³/mol. The Hall–Kier alpha value is 1.04. The number of aliphatic hydroxyl groups excluding tert-OH is 1. The molecule has 28 nitrogen and oxygen atoms in total. The Morgan fingerprint density at radius 2 is 0.532 bits per heavy atom. The molecule has 47 heavy (non-hydrogen) atoms. The first kappa shape index (κ1) is 48.0. The summed E-state index contributed by atoms with van der Waals surface area (Å²) in [6, 6.07) is 0. The molecular weight excluding hydrogens is 822 g/mol. The van der Waals surface area contributed by atoms with Gasteiger partial charge in [-0.15, -0.1) is 0 Å². The van der Waals surface area contributed by atoms with Gasteiger partial charge in [-0.3, -0.25) is 46.3 Å². The van der Waals surface area contributed by atoms with Gasteiger partial charge in [0.05, 0.1) is 0 Å². The molecule has 284 valence electrons. The molecule has 0 aromatic heterocycles. The van der Waals surface area contributed by atoms with Crippen molar-refractivity contribution >= 4 is 60.8 Å². The van der Waals surface area contributed by atoms with Crippen LogP contribution in [0.3, 0.4) is 0 Å². The van der Waals surface area contributed by atoms with E-state index in [-0.39, 0.29) is 0 Å². The predicted octanol–water partition coefficient (Wildman–Crippen LogP) is -4.17. The zero-order valence-electron chi connectivity index (χ0n) is 23.0. The van der Waals surface area contributed by atoms with Gasteiger partial charge in [-0.1, -0.05) is 0 Å². The summed E-state index contributed by atoms with van der Waals surface area (Å²) in [5, 5.41) is 9.20. The summed E-state index contributed by atoms with van der Waals surface area (Å²) < 4.78 is 96.3. The van der Waals surface area contributed by atoms with E-state index in [1.54, 1.807) is 0 Å². The first-order valence-corrected chi connectivity index (χ1v) is 25.1. The van der Waals surface area contributed by atoms with Crippen molar-refractivity contribution in [3.63, 3.8) is 0 Å². The fourth-order valence-electron chi connectivity index (χ4n) is 4.17. The highest BCUT2D eigenvalue weighted by molar-refractivity contribution is 7.73. The molecular formula is C11H35N3O25P8. The number of hydrogen-bond donors (Lipinski definition) is 17. The molecule has 0 spiro atoms. The van der Waals surface area contributed by atoms with Crippen molar-refractivity contribution < 1.29 is 120 Å². The van der Waals surface area contributed by atoms with E-state index in [0.717, 1.165) is 0 Å². The van der Waals surface area contributed by atoms with Gasteiger partial charge in [-0.2, -0.15) is 0 Å². The first-order valence-electron chi connectivity index (χ1n) is 11.7. The van der Waals surface area contributed by atoms with Crippen molar-refractivity contribution in [2.75, 3.05) is 39.3 Å². The molecule has 0 heterocycles. The van der Waals surface area contributed by atoms with Crippen LogP contribution in [0.5, 0.6) is 0 Å². The van der Waals surface area contributed by atoms with Gasteiger partial charge in [0.15, 0.2) is 0 Å². The summed E-state index contributed by atoms with van der Waals surface area (Å²) in [7, 11) is -50.4. The molecule has 0 aromatic rings. The molecule has 0 aliphatic heterocycles. The van der Waals surface area contributed by atoms with Crippen LogP contribution >= 0.6 is 60.8 Å². The second-order valence-corrected chi connectivity index (χ2v) is 24.5. The largest absolute Gasteiger partial charge is 0.396 e. The van der Waals surface area contributed by atoms with Gasteiger partial charge in [-0.25, -0.2) is 0 Å². The van der Waals surface area contributed by atoms with Crippen molar-refractivity contribution in [3.8, 4) is 0 Å². The molecule has 0 saturated carbocycles. The topological polar surface area (TPSA) is 490 Å². The van der Waals surface area contributed by atoms with Crippen molar-refractivity contribution in [1.82, 2.24) is 14.7 Å². The summed E-state index contributed by atoms with van der Waals surface area (Å²) in [5.41, 5.74) is -14.6. The van der Waals surface area contributed by atoms with Crippen molar-refractivity contribution in [2.45, 2.75) is 28.5 Å². The molecule has 0 aromatic carbocycles. The summed E-state index contributed by atoms with van der Waals surface area (Å²) in [4.78, 5) is 153. The highest BCUT2D eigenvalue weighted by Crippen LogP contribution is 2.70. The lowest BCUT2D eigenvalue weighted by Gasteiger charge is -2.40. The van der Waals surface area contributed by atoms with Crippen molar-refractivity contribution in [2.24, 2.45) is 0 Å². The third-order valence-electron chi connectivity index (χ3n) is 5.57. The lowest BCUT2D eigenvalue weighted by Crippen LogP contribution is -2.49. The van der Waals surface area contributed by atoms with Crippen LogP contribution in [-0.2, 0) is 36.5 Å². The van der Waals surface area contributed by atoms with Crippen molar-refractivity contribution in [1.29, 1.82) is 0 Å². The monoisotopic (exact) mass is 857 g/mol. The van der Waals surface area contributed by atoms with E-state index in [4.69, 9.17) is 0 Å². The Morgan fingerprint density at radius 1 is 0.340 bits per heavy atom. The average Bonchev–Trinajstić information content (AvgIpc) is 2.70. The van der Waals surface area contributed by atoms with Gasteiger partial charge in [0.25, 0.3) is 0 Å². The van der Waals surface area contributed by atoms with Crippen LogP contribution < -0.4 is 0 Å². The molecule has 0 bridgehead atoms. The van der Waals surface area contributed by atoms with Gasteiger partial charge in [0.2, 0.25) is 22.1 Å². The first-order chi connectivity index (χ1) is 20.4. The smallest absolute Gasteiger partial charge is 0.355 e. The van der Waals surface area contributed by atoms with Crippen LogP contribution in [0.2, 0.25) is 0 Å². The minimum absolute atomic E-state index is 0.415. The third-order valence-corrected chi connectivity index (χ3v) is 20.0. The zero-order chi connectivity index (χ0) is 38.0. The summed E-state index contributed by atoms with van der Waals surface area (Å²) in [6.45, 7) is -6.80. The molecule has 0 saturated heterocycles. The molecule has 0 rings (SSSR count). The van der Waals surface area contributed by atoms with Gasteiger partial charge in [-0.05, 0) is 6.42 Å². The van der Waals surface area contributed by atoms with Crippen LogP contribution in [0.4, 0.5) is 0 Å². The minimum Gasteiger partial charge on any atom is -0.396 e. The molecule has 0 amide bonds. The molecule has 0 unspecified atom stereocenters. The van der Waals surface area contributed by atoms with Gasteiger partial charge >= 0.3 is 60.8 Å². The Bertz CT molecular complexity index is 1150. The highest BCUT2D eigenvalue weighted by atomic mass is 31.3. The van der Waals surface area contributed by atoms with E-state index in [1.807, 2.05) is 0 Å². The summed E-state index contributed by atoms with van der Waals surface area (Å²) in [6.07, 6.45) is -0.415. The minimum atomic E-state index is -6.30. The second kappa shape index (κ2) is 16.8. The van der Waals surface area contributed by atoms with Crippen LogP contribution in [0.15, 0.2) is 0 Å². The maximum atomic E-state index is 12.0. The van der Waals surface area contributed by atoms with E-state index in [9.17, 15) is 120 Å². The number of rotatable bonds is 21. The number of aliphatic hydroxyl groups is 1. The van der Waals surface area contributed by atoms with Crippen LogP contribution in [0.25, 0.3) is 0 Å². The van der Waals surface area contributed by atoms with E-state index in [0.29, 0.717) is 4.90 Å².